The van der Waals surface area contributed by atoms with Gasteiger partial charge in [0.05, 0.1) is 5.69 Å². The van der Waals surface area contributed by atoms with Crippen LogP contribution < -0.4 is 5.48 Å². The molecular weight excluding hydrogens is 340 g/mol. The maximum absolute atomic E-state index is 11.1. The summed E-state index contributed by atoms with van der Waals surface area (Å²) in [7, 11) is 0. The molecule has 0 radical (unpaired) electrons. The minimum absolute atomic E-state index is 0.449. The molecule has 2 unspecified atom stereocenters. The highest BCUT2D eigenvalue weighted by atomic mass is 16.5. The Morgan fingerprint density at radius 2 is 2.15 bits per heavy atom. The van der Waals surface area contributed by atoms with Gasteiger partial charge in [-0.25, -0.2) is 5.48 Å². The quantitative estimate of drug-likeness (QED) is 0.415. The number of carbonyl (C=O) groups is 1. The number of hydrogen-bond donors (Lipinski definition) is 3. The lowest BCUT2D eigenvalue weighted by Crippen LogP contribution is -2.33. The van der Waals surface area contributed by atoms with E-state index in [0.717, 1.165) is 24.3 Å². The lowest BCUT2D eigenvalue weighted by Gasteiger charge is -2.30. The molecule has 6 heteroatoms. The van der Waals surface area contributed by atoms with Gasteiger partial charge in [-0.2, -0.15) is 5.10 Å². The van der Waals surface area contributed by atoms with Crippen molar-refractivity contribution in [2.75, 3.05) is 6.54 Å². The van der Waals surface area contributed by atoms with Crippen LogP contribution in [-0.4, -0.2) is 38.8 Å². The zero-order valence-electron chi connectivity index (χ0n) is 16.2. The second kappa shape index (κ2) is 8.50. The number of hydrogen-bond acceptors (Lipinski definition) is 4. The van der Waals surface area contributed by atoms with Gasteiger partial charge in [-0.3, -0.25) is 20.0 Å². The van der Waals surface area contributed by atoms with Crippen LogP contribution in [0.25, 0.3) is 6.08 Å². The number of nitrogens with one attached hydrogen (secondary N) is 2. The van der Waals surface area contributed by atoms with Crippen LogP contribution in [0.1, 0.15) is 53.8 Å². The molecule has 0 aliphatic carbocycles. The van der Waals surface area contributed by atoms with Crippen molar-refractivity contribution < 1.29 is 10.0 Å². The van der Waals surface area contributed by atoms with E-state index in [2.05, 4.69) is 48.0 Å². The molecule has 2 aromatic rings. The Labute approximate surface area is 160 Å². The Morgan fingerprint density at radius 3 is 2.78 bits per heavy atom. The molecular formula is C21H28N4O2. The van der Waals surface area contributed by atoms with Crippen LogP contribution in [0.3, 0.4) is 0 Å². The van der Waals surface area contributed by atoms with Gasteiger partial charge >= 0.3 is 0 Å². The number of hydroxylamine groups is 1. The normalized spacial score (nSPS) is 18.9. The molecule has 6 nitrogen and oxygen atoms in total. The number of aromatic nitrogens is 2. The molecule has 144 valence electrons. The summed E-state index contributed by atoms with van der Waals surface area (Å²) in [5.74, 6) is -0.0803. The van der Waals surface area contributed by atoms with Gasteiger partial charge in [-0.1, -0.05) is 31.2 Å². The van der Waals surface area contributed by atoms with Gasteiger partial charge in [0.2, 0.25) is 0 Å². The molecule has 0 saturated carbocycles. The van der Waals surface area contributed by atoms with Crippen LogP contribution in [-0.2, 0) is 11.3 Å². The predicted octanol–water partition coefficient (Wildman–Crippen LogP) is 3.31. The topological polar surface area (TPSA) is 81.2 Å². The number of nitrogens with zero attached hydrogens (tertiary/aromatic N) is 2. The predicted molar refractivity (Wildman–Crippen MR) is 105 cm³/mol. The standard InChI is InChI=1S/C21H28N4O2/c1-14(21-15(2)22-23-16(21)3)19-5-4-12-25(19)13-18-8-6-17(7-9-18)10-11-20(26)24-27/h6-11,14,19,27H,4-5,12-13H2,1-3H3,(H,22,23)(H,24,26). The largest absolute Gasteiger partial charge is 0.296 e. The van der Waals surface area contributed by atoms with E-state index in [1.165, 1.54) is 35.7 Å². The second-order valence-electron chi connectivity index (χ2n) is 7.37. The van der Waals surface area contributed by atoms with E-state index >= 15 is 0 Å². The van der Waals surface area contributed by atoms with Gasteiger partial charge in [0.1, 0.15) is 0 Å². The summed E-state index contributed by atoms with van der Waals surface area (Å²) < 4.78 is 0. The van der Waals surface area contributed by atoms with Crippen molar-refractivity contribution in [1.29, 1.82) is 0 Å². The first-order valence-electron chi connectivity index (χ1n) is 9.46. The molecule has 0 bridgehead atoms. The van der Waals surface area contributed by atoms with Gasteiger partial charge < -0.3 is 0 Å². The summed E-state index contributed by atoms with van der Waals surface area (Å²) in [5, 5.41) is 16.0. The van der Waals surface area contributed by atoms with Crippen molar-refractivity contribution in [1.82, 2.24) is 20.6 Å². The van der Waals surface area contributed by atoms with E-state index in [-0.39, 0.29) is 0 Å². The van der Waals surface area contributed by atoms with Gasteiger partial charge in [-0.05, 0) is 50.4 Å². The third kappa shape index (κ3) is 4.46. The molecule has 27 heavy (non-hydrogen) atoms. The van der Waals surface area contributed by atoms with Crippen molar-refractivity contribution in [3.8, 4) is 0 Å². The number of likely N-dealkylation sites (tertiary alicyclic amines) is 1. The third-order valence-electron chi connectivity index (χ3n) is 5.53. The zero-order chi connectivity index (χ0) is 19.4. The number of rotatable bonds is 6. The highest BCUT2D eigenvalue weighted by molar-refractivity contribution is 5.90. The van der Waals surface area contributed by atoms with Gasteiger partial charge in [0.15, 0.2) is 0 Å². The molecule has 1 aliphatic heterocycles. The molecule has 1 aromatic heterocycles. The molecule has 2 atom stereocenters. The second-order valence-corrected chi connectivity index (χ2v) is 7.37. The number of aryl methyl sites for hydroxylation is 2. The molecule has 3 N–H and O–H groups in total. The molecule has 1 saturated heterocycles. The van der Waals surface area contributed by atoms with Gasteiger partial charge in [0.25, 0.3) is 5.91 Å². The molecule has 3 rings (SSSR count). The summed E-state index contributed by atoms with van der Waals surface area (Å²) >= 11 is 0. The average Bonchev–Trinajstić information content (AvgIpc) is 3.26. The smallest absolute Gasteiger partial charge is 0.267 e. The summed E-state index contributed by atoms with van der Waals surface area (Å²) in [4.78, 5) is 13.6. The highest BCUT2D eigenvalue weighted by Crippen LogP contribution is 2.34. The first kappa shape index (κ1) is 19.3. The van der Waals surface area contributed by atoms with E-state index in [0.29, 0.717) is 12.0 Å². The van der Waals surface area contributed by atoms with E-state index < -0.39 is 5.91 Å². The summed E-state index contributed by atoms with van der Waals surface area (Å²) in [5.41, 5.74) is 7.42. The first-order chi connectivity index (χ1) is 13.0. The zero-order valence-corrected chi connectivity index (χ0v) is 16.2. The van der Waals surface area contributed by atoms with Crippen LogP contribution >= 0.6 is 0 Å². The lowest BCUT2D eigenvalue weighted by molar-refractivity contribution is -0.124. The maximum Gasteiger partial charge on any atom is 0.267 e. The van der Waals surface area contributed by atoms with E-state index in [1.807, 2.05) is 12.1 Å². The Hall–Kier alpha value is -2.44. The molecule has 1 fully saturated rings. The van der Waals surface area contributed by atoms with Crippen LogP contribution in [0.2, 0.25) is 0 Å². The lowest BCUT2D eigenvalue weighted by atomic mass is 9.90. The minimum atomic E-state index is -0.530. The summed E-state index contributed by atoms with van der Waals surface area (Å²) in [6.07, 6.45) is 5.42. The molecule has 1 aromatic carbocycles. The Bertz CT molecular complexity index is 791. The first-order valence-corrected chi connectivity index (χ1v) is 9.46. The fraction of sp³-hybridized carbons (Fsp3) is 0.429. The Kier molecular flexibility index (Phi) is 6.08. The summed E-state index contributed by atoms with van der Waals surface area (Å²) in [6, 6.07) is 8.72. The van der Waals surface area contributed by atoms with Crippen LogP contribution in [0.4, 0.5) is 0 Å². The molecule has 1 aliphatic rings. The summed E-state index contributed by atoms with van der Waals surface area (Å²) in [6.45, 7) is 8.54. The fourth-order valence-electron chi connectivity index (χ4n) is 4.22. The number of benzene rings is 1. The molecule has 1 amide bonds. The van der Waals surface area contributed by atoms with E-state index in [1.54, 1.807) is 11.6 Å². The third-order valence-corrected chi connectivity index (χ3v) is 5.53. The fourth-order valence-corrected chi connectivity index (χ4v) is 4.22. The van der Waals surface area contributed by atoms with Crippen molar-refractivity contribution in [3.63, 3.8) is 0 Å². The highest BCUT2D eigenvalue weighted by Gasteiger charge is 2.32. The van der Waals surface area contributed by atoms with Crippen molar-refractivity contribution in [2.24, 2.45) is 0 Å². The van der Waals surface area contributed by atoms with Crippen LogP contribution in [0, 0.1) is 13.8 Å². The monoisotopic (exact) mass is 368 g/mol. The number of amides is 1. The van der Waals surface area contributed by atoms with E-state index in [9.17, 15) is 4.79 Å². The number of carbonyl (C=O) groups excluding carboxylic acids is 1. The van der Waals surface area contributed by atoms with Crippen molar-refractivity contribution in [3.05, 3.63) is 58.4 Å². The van der Waals surface area contributed by atoms with Crippen molar-refractivity contribution in [2.45, 2.75) is 52.1 Å². The molecule has 2 heterocycles. The van der Waals surface area contributed by atoms with Crippen molar-refractivity contribution >= 4 is 12.0 Å². The molecule has 0 spiro atoms. The minimum Gasteiger partial charge on any atom is -0.296 e. The average molecular weight is 368 g/mol. The SMILES string of the molecule is Cc1n[nH]c(C)c1C(C)C1CCCN1Cc1ccc(C=CC(=O)NO)cc1. The maximum atomic E-state index is 11.1. The van der Waals surface area contributed by atoms with Gasteiger partial charge in [-0.15, -0.1) is 0 Å². The Balaban J connectivity index is 1.68. The van der Waals surface area contributed by atoms with Gasteiger partial charge in [0, 0.05) is 35.8 Å². The number of aromatic amines is 1. The number of H-pyrrole nitrogens is 1. The Morgan fingerprint density at radius 1 is 1.41 bits per heavy atom. The van der Waals surface area contributed by atoms with E-state index in [4.69, 9.17) is 5.21 Å². The van der Waals surface area contributed by atoms with Crippen LogP contribution in [0.15, 0.2) is 30.3 Å². The van der Waals surface area contributed by atoms with Crippen LogP contribution in [0.5, 0.6) is 0 Å².